The molecule has 3 rings (SSSR count). The summed E-state index contributed by atoms with van der Waals surface area (Å²) in [7, 11) is 1.94. The second-order valence-corrected chi connectivity index (χ2v) is 6.86. The Morgan fingerprint density at radius 1 is 1.50 bits per heavy atom. The Morgan fingerprint density at radius 3 is 3.00 bits per heavy atom. The van der Waals surface area contributed by atoms with Crippen LogP contribution in [-0.2, 0) is 18.2 Å². The van der Waals surface area contributed by atoms with Crippen molar-refractivity contribution in [2.24, 2.45) is 7.05 Å². The fourth-order valence-electron chi connectivity index (χ4n) is 2.96. The topological polar surface area (TPSA) is 72.3 Å². The van der Waals surface area contributed by atoms with Gasteiger partial charge in [-0.25, -0.2) is 9.78 Å². The fourth-order valence-corrected chi connectivity index (χ4v) is 3.64. The number of carbonyl (C=O) groups excluding carboxylic acids is 1. The molecule has 1 unspecified atom stereocenters. The van der Waals surface area contributed by atoms with Crippen LogP contribution in [0.25, 0.3) is 0 Å². The van der Waals surface area contributed by atoms with Crippen LogP contribution in [0.15, 0.2) is 11.6 Å². The van der Waals surface area contributed by atoms with Gasteiger partial charge in [-0.05, 0) is 25.8 Å². The van der Waals surface area contributed by atoms with Gasteiger partial charge in [0.1, 0.15) is 11.1 Å². The third kappa shape index (κ3) is 3.59. The molecule has 24 heavy (non-hydrogen) atoms. The Morgan fingerprint density at radius 2 is 2.33 bits per heavy atom. The van der Waals surface area contributed by atoms with E-state index in [0.29, 0.717) is 26.2 Å². The largest absolute Gasteiger partial charge is 0.367 e. The highest BCUT2D eigenvalue weighted by Crippen LogP contribution is 2.23. The Bertz CT molecular complexity index is 698. The molecule has 2 amide bonds. The van der Waals surface area contributed by atoms with Gasteiger partial charge in [-0.1, -0.05) is 0 Å². The summed E-state index contributed by atoms with van der Waals surface area (Å²) in [5.41, 5.74) is 3.39. The lowest BCUT2D eigenvalue weighted by Crippen LogP contribution is -2.47. The molecule has 2 aromatic rings. The summed E-state index contributed by atoms with van der Waals surface area (Å²) in [4.78, 5) is 18.5. The number of thiazole rings is 1. The van der Waals surface area contributed by atoms with Gasteiger partial charge in [-0.3, -0.25) is 4.68 Å². The SMILES string of the molecule is Cc1nn(C)c(C)c1CCNC(=O)N1CCOC(c2nccs2)C1. The lowest BCUT2D eigenvalue weighted by molar-refractivity contribution is -0.0154. The Kier molecular flexibility index (Phi) is 5.15. The molecule has 3 heterocycles. The first kappa shape index (κ1) is 16.9. The number of hydrogen-bond donors (Lipinski definition) is 1. The molecule has 1 saturated heterocycles. The summed E-state index contributed by atoms with van der Waals surface area (Å²) in [5, 5.41) is 10.3. The highest BCUT2D eigenvalue weighted by Gasteiger charge is 2.26. The predicted molar refractivity (Wildman–Crippen MR) is 92.2 cm³/mol. The van der Waals surface area contributed by atoms with Crippen LogP contribution < -0.4 is 5.32 Å². The number of ether oxygens (including phenoxy) is 1. The molecule has 1 fully saturated rings. The molecule has 130 valence electrons. The minimum absolute atomic E-state index is 0.0425. The monoisotopic (exact) mass is 349 g/mol. The van der Waals surface area contributed by atoms with Crippen LogP contribution in [0.1, 0.15) is 28.1 Å². The van der Waals surface area contributed by atoms with Gasteiger partial charge in [0.2, 0.25) is 0 Å². The van der Waals surface area contributed by atoms with E-state index in [0.717, 1.165) is 22.8 Å². The fraction of sp³-hybridized carbons (Fsp3) is 0.562. The summed E-state index contributed by atoms with van der Waals surface area (Å²) in [6.07, 6.45) is 2.44. The Hall–Kier alpha value is -1.93. The van der Waals surface area contributed by atoms with Crippen LogP contribution in [-0.4, -0.2) is 51.9 Å². The first-order chi connectivity index (χ1) is 11.6. The zero-order valence-electron chi connectivity index (χ0n) is 14.3. The van der Waals surface area contributed by atoms with E-state index in [2.05, 4.69) is 22.3 Å². The smallest absolute Gasteiger partial charge is 0.317 e. The maximum Gasteiger partial charge on any atom is 0.317 e. The first-order valence-corrected chi connectivity index (χ1v) is 8.97. The minimum atomic E-state index is -0.118. The predicted octanol–water partition coefficient (Wildman–Crippen LogP) is 1.82. The molecule has 0 bridgehead atoms. The van der Waals surface area contributed by atoms with Gasteiger partial charge in [0.05, 0.1) is 18.8 Å². The van der Waals surface area contributed by atoms with Gasteiger partial charge in [0.25, 0.3) is 0 Å². The molecule has 0 saturated carbocycles. The van der Waals surface area contributed by atoms with Crippen molar-refractivity contribution in [3.63, 3.8) is 0 Å². The number of aromatic nitrogens is 3. The second kappa shape index (κ2) is 7.31. The number of hydrogen-bond acceptors (Lipinski definition) is 5. The second-order valence-electron chi connectivity index (χ2n) is 5.93. The highest BCUT2D eigenvalue weighted by atomic mass is 32.1. The number of morpholine rings is 1. The average Bonchev–Trinajstić information content (AvgIpc) is 3.19. The summed E-state index contributed by atoms with van der Waals surface area (Å²) >= 11 is 1.56. The molecular formula is C16H23N5O2S. The van der Waals surface area contributed by atoms with E-state index in [4.69, 9.17) is 4.74 Å². The van der Waals surface area contributed by atoms with E-state index in [1.165, 1.54) is 5.56 Å². The number of urea groups is 1. The normalized spacial score (nSPS) is 18.0. The van der Waals surface area contributed by atoms with E-state index in [1.807, 2.05) is 24.0 Å². The maximum absolute atomic E-state index is 12.4. The number of aryl methyl sites for hydroxylation is 2. The Labute approximate surface area is 145 Å². The van der Waals surface area contributed by atoms with Crippen LogP contribution >= 0.6 is 11.3 Å². The van der Waals surface area contributed by atoms with Gasteiger partial charge in [-0.15, -0.1) is 11.3 Å². The standard InChI is InChI=1S/C16H23N5O2S/c1-11-13(12(2)20(3)19-11)4-5-18-16(22)21-7-8-23-14(10-21)15-17-6-9-24-15/h6,9,14H,4-5,7-8,10H2,1-3H3,(H,18,22). The van der Waals surface area contributed by atoms with Crippen LogP contribution in [0, 0.1) is 13.8 Å². The number of nitrogens with one attached hydrogen (secondary N) is 1. The van der Waals surface area contributed by atoms with E-state index >= 15 is 0 Å². The van der Waals surface area contributed by atoms with Crippen molar-refractivity contribution in [1.82, 2.24) is 25.0 Å². The summed E-state index contributed by atoms with van der Waals surface area (Å²) in [5.74, 6) is 0. The van der Waals surface area contributed by atoms with Crippen LogP contribution in [0.4, 0.5) is 4.79 Å². The molecule has 1 atom stereocenters. The number of rotatable bonds is 4. The highest BCUT2D eigenvalue weighted by molar-refractivity contribution is 7.09. The maximum atomic E-state index is 12.4. The number of amides is 2. The molecule has 0 aliphatic carbocycles. The molecule has 0 radical (unpaired) electrons. The lowest BCUT2D eigenvalue weighted by Gasteiger charge is -2.32. The molecule has 8 heteroatoms. The van der Waals surface area contributed by atoms with Crippen LogP contribution in [0.5, 0.6) is 0 Å². The van der Waals surface area contributed by atoms with Crippen molar-refractivity contribution in [1.29, 1.82) is 0 Å². The quantitative estimate of drug-likeness (QED) is 0.914. The molecular weight excluding hydrogens is 326 g/mol. The summed E-state index contributed by atoms with van der Waals surface area (Å²) < 4.78 is 7.61. The summed E-state index contributed by atoms with van der Waals surface area (Å²) in [6, 6.07) is -0.0425. The molecule has 7 nitrogen and oxygen atoms in total. The van der Waals surface area contributed by atoms with Crippen molar-refractivity contribution in [2.75, 3.05) is 26.2 Å². The third-order valence-corrected chi connectivity index (χ3v) is 5.26. The molecule has 2 aromatic heterocycles. The molecule has 1 N–H and O–H groups in total. The van der Waals surface area contributed by atoms with Crippen molar-refractivity contribution >= 4 is 17.4 Å². The van der Waals surface area contributed by atoms with E-state index < -0.39 is 0 Å². The molecule has 1 aliphatic heterocycles. The van der Waals surface area contributed by atoms with Gasteiger partial charge < -0.3 is 15.0 Å². The van der Waals surface area contributed by atoms with Gasteiger partial charge in [0, 0.05) is 37.4 Å². The third-order valence-electron chi connectivity index (χ3n) is 4.39. The van der Waals surface area contributed by atoms with Gasteiger partial charge in [-0.2, -0.15) is 5.10 Å². The summed E-state index contributed by atoms with van der Waals surface area (Å²) in [6.45, 7) is 6.36. The number of carbonyl (C=O) groups is 1. The minimum Gasteiger partial charge on any atom is -0.367 e. The van der Waals surface area contributed by atoms with Crippen LogP contribution in [0.3, 0.4) is 0 Å². The van der Waals surface area contributed by atoms with Crippen molar-refractivity contribution in [3.05, 3.63) is 33.5 Å². The zero-order valence-corrected chi connectivity index (χ0v) is 15.1. The zero-order chi connectivity index (χ0) is 17.1. The van der Waals surface area contributed by atoms with E-state index in [1.54, 1.807) is 22.4 Å². The first-order valence-electron chi connectivity index (χ1n) is 8.09. The van der Waals surface area contributed by atoms with E-state index in [-0.39, 0.29) is 12.1 Å². The average molecular weight is 349 g/mol. The Balaban J connectivity index is 1.51. The van der Waals surface area contributed by atoms with Crippen molar-refractivity contribution in [2.45, 2.75) is 26.4 Å². The number of nitrogens with zero attached hydrogens (tertiary/aromatic N) is 4. The van der Waals surface area contributed by atoms with Gasteiger partial charge >= 0.3 is 6.03 Å². The lowest BCUT2D eigenvalue weighted by atomic mass is 10.1. The van der Waals surface area contributed by atoms with Crippen molar-refractivity contribution in [3.8, 4) is 0 Å². The molecule has 0 spiro atoms. The van der Waals surface area contributed by atoms with E-state index in [9.17, 15) is 4.79 Å². The van der Waals surface area contributed by atoms with Crippen LogP contribution in [0.2, 0.25) is 0 Å². The van der Waals surface area contributed by atoms with Gasteiger partial charge in [0.15, 0.2) is 0 Å². The molecule has 1 aliphatic rings. The van der Waals surface area contributed by atoms with Crippen molar-refractivity contribution < 1.29 is 9.53 Å². The molecule has 0 aromatic carbocycles.